The molecule has 1 aliphatic rings. The minimum atomic E-state index is -4.50. The van der Waals surface area contributed by atoms with E-state index in [2.05, 4.69) is 5.32 Å². The minimum Gasteiger partial charge on any atom is -0.490 e. The number of amides is 1. The maximum Gasteiger partial charge on any atom is 0.416 e. The van der Waals surface area contributed by atoms with Gasteiger partial charge in [-0.3, -0.25) is 0 Å². The van der Waals surface area contributed by atoms with Gasteiger partial charge >= 0.3 is 12.3 Å². The molecule has 0 saturated heterocycles. The van der Waals surface area contributed by atoms with Gasteiger partial charge in [0.25, 0.3) is 0 Å². The zero-order valence-corrected chi connectivity index (χ0v) is 18.3. The van der Waals surface area contributed by atoms with Gasteiger partial charge in [0.2, 0.25) is 0 Å². The summed E-state index contributed by atoms with van der Waals surface area (Å²) >= 11 is 0. The zero-order chi connectivity index (χ0) is 23.5. The summed E-state index contributed by atoms with van der Waals surface area (Å²) in [5, 5.41) is 2.85. The Morgan fingerprint density at radius 2 is 1.59 bits per heavy atom. The second-order valence-electron chi connectivity index (χ2n) is 8.95. The highest BCUT2D eigenvalue weighted by molar-refractivity contribution is 5.71. The maximum atomic E-state index is 13.3. The summed E-state index contributed by atoms with van der Waals surface area (Å²) in [6.45, 7) is 5.38. The Morgan fingerprint density at radius 1 is 0.969 bits per heavy atom. The summed E-state index contributed by atoms with van der Waals surface area (Å²) in [6, 6.07) is 8.54. The van der Waals surface area contributed by atoms with Gasteiger partial charge in [-0.2, -0.15) is 13.2 Å². The van der Waals surface area contributed by atoms with Gasteiger partial charge in [-0.1, -0.05) is 12.1 Å². The molecule has 4 nitrogen and oxygen atoms in total. The summed E-state index contributed by atoms with van der Waals surface area (Å²) in [5.41, 5.74) is -0.681. The number of rotatable bonds is 4. The lowest BCUT2D eigenvalue weighted by Gasteiger charge is -2.31. The van der Waals surface area contributed by atoms with Crippen LogP contribution in [-0.4, -0.2) is 23.8 Å². The third-order valence-corrected chi connectivity index (χ3v) is 5.15. The first-order chi connectivity index (χ1) is 14.9. The first kappa shape index (κ1) is 23.9. The molecule has 0 radical (unpaired) electrons. The van der Waals surface area contributed by atoms with Crippen LogP contribution in [0.5, 0.6) is 5.75 Å². The summed E-state index contributed by atoms with van der Waals surface area (Å²) in [4.78, 5) is 12.0. The van der Waals surface area contributed by atoms with Crippen molar-refractivity contribution in [1.29, 1.82) is 0 Å². The number of ether oxygens (including phenoxy) is 2. The van der Waals surface area contributed by atoms with Gasteiger partial charge in [0, 0.05) is 11.6 Å². The molecule has 0 heterocycles. The van der Waals surface area contributed by atoms with Crippen LogP contribution >= 0.6 is 0 Å². The van der Waals surface area contributed by atoms with Gasteiger partial charge in [-0.15, -0.1) is 0 Å². The van der Waals surface area contributed by atoms with Crippen molar-refractivity contribution >= 4 is 6.09 Å². The fraction of sp³-hybridized carbons (Fsp3) is 0.458. The Bertz CT molecular complexity index is 928. The molecule has 0 unspecified atom stereocenters. The van der Waals surface area contributed by atoms with E-state index >= 15 is 0 Å². The van der Waals surface area contributed by atoms with E-state index in [0.717, 1.165) is 12.1 Å². The molecule has 0 spiro atoms. The Kier molecular flexibility index (Phi) is 7.00. The number of halogens is 4. The quantitative estimate of drug-likeness (QED) is 0.523. The summed E-state index contributed by atoms with van der Waals surface area (Å²) in [5.74, 6) is -0.160. The molecule has 0 atom stereocenters. The molecular formula is C24H27F4NO3. The Labute approximate surface area is 184 Å². The Morgan fingerprint density at radius 3 is 2.16 bits per heavy atom. The zero-order valence-electron chi connectivity index (χ0n) is 18.3. The van der Waals surface area contributed by atoms with Crippen molar-refractivity contribution in [2.45, 2.75) is 70.4 Å². The van der Waals surface area contributed by atoms with Gasteiger partial charge in [0.1, 0.15) is 17.2 Å². The van der Waals surface area contributed by atoms with Crippen molar-refractivity contribution in [3.8, 4) is 16.9 Å². The van der Waals surface area contributed by atoms with E-state index < -0.39 is 29.3 Å². The molecule has 1 N–H and O–H groups in total. The molecule has 1 fully saturated rings. The van der Waals surface area contributed by atoms with E-state index in [9.17, 15) is 22.4 Å². The van der Waals surface area contributed by atoms with Crippen molar-refractivity contribution in [2.75, 3.05) is 0 Å². The van der Waals surface area contributed by atoms with E-state index in [0.29, 0.717) is 37.0 Å². The number of hydrogen-bond donors (Lipinski definition) is 1. The normalized spacial score (nSPS) is 19.3. The van der Waals surface area contributed by atoms with Crippen LogP contribution < -0.4 is 10.1 Å². The lowest BCUT2D eigenvalue weighted by atomic mass is 9.93. The summed E-state index contributed by atoms with van der Waals surface area (Å²) in [7, 11) is 0. The highest BCUT2D eigenvalue weighted by Gasteiger charge is 2.32. The highest BCUT2D eigenvalue weighted by Crippen LogP contribution is 2.38. The smallest absolute Gasteiger partial charge is 0.416 e. The molecule has 0 aromatic heterocycles. The molecule has 1 saturated carbocycles. The van der Waals surface area contributed by atoms with Crippen LogP contribution in [0.4, 0.5) is 22.4 Å². The van der Waals surface area contributed by atoms with E-state index in [1.165, 1.54) is 30.3 Å². The average Bonchev–Trinajstić information content (AvgIpc) is 2.68. The minimum absolute atomic E-state index is 0.0473. The van der Waals surface area contributed by atoms with Crippen LogP contribution in [-0.2, 0) is 10.9 Å². The van der Waals surface area contributed by atoms with Crippen LogP contribution in [0.3, 0.4) is 0 Å². The van der Waals surface area contributed by atoms with Crippen molar-refractivity contribution in [3.05, 3.63) is 53.8 Å². The number of alkyl carbamates (subject to hydrolysis) is 1. The predicted molar refractivity (Wildman–Crippen MR) is 113 cm³/mol. The van der Waals surface area contributed by atoms with Crippen LogP contribution in [0, 0.1) is 5.82 Å². The van der Waals surface area contributed by atoms with Crippen molar-refractivity contribution < 1.29 is 31.8 Å². The monoisotopic (exact) mass is 453 g/mol. The van der Waals surface area contributed by atoms with Crippen LogP contribution in [0.15, 0.2) is 42.5 Å². The third kappa shape index (κ3) is 6.61. The number of carbonyl (C=O) groups is 1. The molecule has 2 aromatic rings. The number of nitrogens with one attached hydrogen (secondary N) is 1. The topological polar surface area (TPSA) is 47.6 Å². The highest BCUT2D eigenvalue weighted by atomic mass is 19.4. The Balaban J connectivity index is 1.70. The maximum absolute atomic E-state index is 13.3. The van der Waals surface area contributed by atoms with E-state index in [4.69, 9.17) is 9.47 Å². The summed E-state index contributed by atoms with van der Waals surface area (Å²) < 4.78 is 64.4. The molecule has 0 bridgehead atoms. The predicted octanol–water partition coefficient (Wildman–Crippen LogP) is 6.73. The summed E-state index contributed by atoms with van der Waals surface area (Å²) in [6.07, 6.45) is -2.59. The second kappa shape index (κ2) is 9.38. The standard InChI is InChI=1S/C24H27F4NO3/c1-23(2,3)32-22(30)29-18-9-11-19(12-10-18)31-21-13-6-16(24(26,27)28)14-20(21)15-4-7-17(25)8-5-15/h4-8,13-14,18-19H,9-12H2,1-3H3,(H,29,30). The van der Waals surface area contributed by atoms with Crippen LogP contribution in [0.25, 0.3) is 11.1 Å². The SMILES string of the molecule is CC(C)(C)OC(=O)NC1CCC(Oc2ccc(C(F)(F)F)cc2-c2ccc(F)cc2)CC1. The lowest BCUT2D eigenvalue weighted by molar-refractivity contribution is -0.137. The molecule has 174 valence electrons. The largest absolute Gasteiger partial charge is 0.490 e. The van der Waals surface area contributed by atoms with Crippen molar-refractivity contribution in [2.24, 2.45) is 0 Å². The molecule has 1 amide bonds. The molecule has 3 rings (SSSR count). The van der Waals surface area contributed by atoms with E-state index in [-0.39, 0.29) is 17.7 Å². The Hall–Kier alpha value is -2.77. The van der Waals surface area contributed by atoms with Gasteiger partial charge < -0.3 is 14.8 Å². The van der Waals surface area contributed by atoms with E-state index in [1.807, 2.05) is 0 Å². The number of benzene rings is 2. The van der Waals surface area contributed by atoms with Crippen LogP contribution in [0.1, 0.15) is 52.0 Å². The average molecular weight is 453 g/mol. The fourth-order valence-electron chi connectivity index (χ4n) is 3.64. The van der Waals surface area contributed by atoms with Crippen molar-refractivity contribution in [1.82, 2.24) is 5.32 Å². The van der Waals surface area contributed by atoms with Gasteiger partial charge in [-0.05, 0) is 82.3 Å². The van der Waals surface area contributed by atoms with Crippen LogP contribution in [0.2, 0.25) is 0 Å². The molecule has 32 heavy (non-hydrogen) atoms. The third-order valence-electron chi connectivity index (χ3n) is 5.15. The number of alkyl halides is 3. The molecule has 1 aliphatic carbocycles. The first-order valence-corrected chi connectivity index (χ1v) is 10.5. The van der Waals surface area contributed by atoms with Gasteiger partial charge in [0.05, 0.1) is 11.7 Å². The molecule has 8 heteroatoms. The molecule has 0 aliphatic heterocycles. The van der Waals surface area contributed by atoms with E-state index in [1.54, 1.807) is 20.8 Å². The van der Waals surface area contributed by atoms with Crippen molar-refractivity contribution in [3.63, 3.8) is 0 Å². The fourth-order valence-corrected chi connectivity index (χ4v) is 3.64. The molecule has 2 aromatic carbocycles. The first-order valence-electron chi connectivity index (χ1n) is 10.5. The van der Waals surface area contributed by atoms with Gasteiger partial charge in [-0.25, -0.2) is 9.18 Å². The van der Waals surface area contributed by atoms with Gasteiger partial charge in [0.15, 0.2) is 0 Å². The lowest BCUT2D eigenvalue weighted by Crippen LogP contribution is -2.42. The second-order valence-corrected chi connectivity index (χ2v) is 8.95. The number of carbonyl (C=O) groups excluding carboxylic acids is 1. The number of hydrogen-bond acceptors (Lipinski definition) is 3. The molecular weight excluding hydrogens is 426 g/mol.